The summed E-state index contributed by atoms with van der Waals surface area (Å²) in [6.07, 6.45) is 0. The molecular formula is C19H19F2N3O2. The first-order chi connectivity index (χ1) is 12.5. The summed E-state index contributed by atoms with van der Waals surface area (Å²) < 4.78 is 26.8. The average molecular weight is 359 g/mol. The van der Waals surface area contributed by atoms with E-state index in [1.54, 1.807) is 17.0 Å². The molecule has 26 heavy (non-hydrogen) atoms. The molecule has 0 spiro atoms. The third kappa shape index (κ3) is 3.72. The highest BCUT2D eigenvalue weighted by atomic mass is 19.1. The van der Waals surface area contributed by atoms with Crippen LogP contribution < -0.4 is 5.73 Å². The molecule has 0 aromatic heterocycles. The Morgan fingerprint density at radius 1 is 0.885 bits per heavy atom. The Hall–Kier alpha value is -2.80. The zero-order valence-electron chi connectivity index (χ0n) is 14.1. The number of hydrogen-bond acceptors (Lipinski definition) is 3. The lowest BCUT2D eigenvalue weighted by atomic mass is 10.1. The lowest BCUT2D eigenvalue weighted by molar-refractivity contribution is 0.0532. The van der Waals surface area contributed by atoms with Crippen LogP contribution in [-0.4, -0.2) is 47.8 Å². The van der Waals surface area contributed by atoms with Crippen molar-refractivity contribution in [2.75, 3.05) is 26.2 Å². The first-order valence-corrected chi connectivity index (χ1v) is 8.32. The third-order valence-corrected chi connectivity index (χ3v) is 4.45. The van der Waals surface area contributed by atoms with Crippen molar-refractivity contribution in [3.63, 3.8) is 0 Å². The van der Waals surface area contributed by atoms with Crippen LogP contribution in [0.4, 0.5) is 8.78 Å². The van der Waals surface area contributed by atoms with Gasteiger partial charge in [0.05, 0.1) is 5.56 Å². The summed E-state index contributed by atoms with van der Waals surface area (Å²) in [6.45, 7) is 1.71. The molecule has 7 heteroatoms. The molecule has 0 radical (unpaired) electrons. The van der Waals surface area contributed by atoms with E-state index in [1.165, 1.54) is 4.90 Å². The summed E-state index contributed by atoms with van der Waals surface area (Å²) in [7, 11) is 0. The zero-order chi connectivity index (χ0) is 18.7. The van der Waals surface area contributed by atoms with Crippen LogP contribution in [0.1, 0.15) is 26.3 Å². The summed E-state index contributed by atoms with van der Waals surface area (Å²) in [4.78, 5) is 28.0. The van der Waals surface area contributed by atoms with E-state index in [-0.39, 0.29) is 11.5 Å². The quantitative estimate of drug-likeness (QED) is 0.912. The zero-order valence-corrected chi connectivity index (χ0v) is 14.1. The normalized spacial score (nSPS) is 14.4. The molecule has 0 unspecified atom stereocenters. The molecule has 3 rings (SSSR count). The number of nitrogens with zero attached hydrogens (tertiary/aromatic N) is 2. The molecule has 2 amide bonds. The molecule has 0 aliphatic carbocycles. The predicted molar refractivity (Wildman–Crippen MR) is 92.5 cm³/mol. The summed E-state index contributed by atoms with van der Waals surface area (Å²) in [5.41, 5.74) is 6.89. The second-order valence-corrected chi connectivity index (χ2v) is 6.11. The Kier molecular flexibility index (Phi) is 5.27. The van der Waals surface area contributed by atoms with Crippen LogP contribution in [0.15, 0.2) is 42.5 Å². The topological polar surface area (TPSA) is 66.6 Å². The summed E-state index contributed by atoms with van der Waals surface area (Å²) >= 11 is 0. The van der Waals surface area contributed by atoms with E-state index in [0.717, 1.165) is 17.7 Å². The highest BCUT2D eigenvalue weighted by Crippen LogP contribution is 2.15. The Morgan fingerprint density at radius 2 is 1.46 bits per heavy atom. The van der Waals surface area contributed by atoms with E-state index in [2.05, 4.69) is 0 Å². The number of carbonyl (C=O) groups is 2. The lowest BCUT2D eigenvalue weighted by Crippen LogP contribution is -2.50. The minimum absolute atomic E-state index is 0.117. The monoisotopic (exact) mass is 359 g/mol. The maximum absolute atomic E-state index is 13.8. The van der Waals surface area contributed by atoms with Crippen LogP contribution in [0, 0.1) is 11.6 Å². The SMILES string of the molecule is NCc1ccc(C(=O)N2CCN(C(=O)c3ccc(F)cc3F)CC2)cc1. The lowest BCUT2D eigenvalue weighted by Gasteiger charge is -2.35. The van der Waals surface area contributed by atoms with Crippen molar-refractivity contribution < 1.29 is 18.4 Å². The van der Waals surface area contributed by atoms with Crippen molar-refractivity contribution in [3.8, 4) is 0 Å². The van der Waals surface area contributed by atoms with E-state index in [9.17, 15) is 18.4 Å². The predicted octanol–water partition coefficient (Wildman–Crippen LogP) is 2.02. The van der Waals surface area contributed by atoms with Gasteiger partial charge in [-0.2, -0.15) is 0 Å². The molecule has 1 aliphatic rings. The molecule has 1 saturated heterocycles. The van der Waals surface area contributed by atoms with Crippen molar-refractivity contribution in [2.24, 2.45) is 5.73 Å². The van der Waals surface area contributed by atoms with Crippen LogP contribution in [0.25, 0.3) is 0 Å². The number of benzene rings is 2. The van der Waals surface area contributed by atoms with Gasteiger partial charge in [0, 0.05) is 44.4 Å². The highest BCUT2D eigenvalue weighted by Gasteiger charge is 2.26. The van der Waals surface area contributed by atoms with E-state index >= 15 is 0 Å². The fourth-order valence-corrected chi connectivity index (χ4v) is 2.91. The molecule has 5 nitrogen and oxygen atoms in total. The Morgan fingerprint density at radius 3 is 2.00 bits per heavy atom. The van der Waals surface area contributed by atoms with Gasteiger partial charge < -0.3 is 15.5 Å². The fraction of sp³-hybridized carbons (Fsp3) is 0.263. The summed E-state index contributed by atoms with van der Waals surface area (Å²) in [5.74, 6) is -2.22. The number of piperazine rings is 1. The highest BCUT2D eigenvalue weighted by molar-refractivity contribution is 5.96. The number of nitrogens with two attached hydrogens (primary N) is 1. The van der Waals surface area contributed by atoms with Gasteiger partial charge in [0.2, 0.25) is 0 Å². The Labute approximate surface area is 150 Å². The summed E-state index contributed by atoms with van der Waals surface area (Å²) in [6, 6.07) is 9.98. The minimum atomic E-state index is -0.881. The van der Waals surface area contributed by atoms with E-state index in [4.69, 9.17) is 5.73 Å². The molecular weight excluding hydrogens is 340 g/mol. The molecule has 2 N–H and O–H groups in total. The van der Waals surface area contributed by atoms with Gasteiger partial charge in [-0.3, -0.25) is 9.59 Å². The molecule has 1 fully saturated rings. The Bertz CT molecular complexity index is 816. The van der Waals surface area contributed by atoms with Crippen molar-refractivity contribution in [1.82, 2.24) is 9.80 Å². The molecule has 2 aromatic rings. The van der Waals surface area contributed by atoms with Crippen molar-refractivity contribution in [3.05, 3.63) is 70.8 Å². The second-order valence-electron chi connectivity index (χ2n) is 6.11. The first-order valence-electron chi connectivity index (χ1n) is 8.32. The van der Waals surface area contributed by atoms with E-state index < -0.39 is 17.5 Å². The van der Waals surface area contributed by atoms with Gasteiger partial charge in [-0.05, 0) is 29.8 Å². The number of amides is 2. The molecule has 0 bridgehead atoms. The van der Waals surface area contributed by atoms with Gasteiger partial charge in [0.25, 0.3) is 11.8 Å². The molecule has 136 valence electrons. The fourth-order valence-electron chi connectivity index (χ4n) is 2.91. The largest absolute Gasteiger partial charge is 0.335 e. The molecule has 1 heterocycles. The van der Waals surface area contributed by atoms with Crippen LogP contribution >= 0.6 is 0 Å². The average Bonchev–Trinajstić information content (AvgIpc) is 2.67. The van der Waals surface area contributed by atoms with Gasteiger partial charge >= 0.3 is 0 Å². The minimum Gasteiger partial charge on any atom is -0.335 e. The van der Waals surface area contributed by atoms with Gasteiger partial charge in [-0.15, -0.1) is 0 Å². The number of hydrogen-bond donors (Lipinski definition) is 1. The maximum atomic E-state index is 13.8. The van der Waals surface area contributed by atoms with Crippen LogP contribution in [0.5, 0.6) is 0 Å². The van der Waals surface area contributed by atoms with Crippen LogP contribution in [0.2, 0.25) is 0 Å². The van der Waals surface area contributed by atoms with Crippen molar-refractivity contribution in [1.29, 1.82) is 0 Å². The van der Waals surface area contributed by atoms with Gasteiger partial charge in [0.1, 0.15) is 11.6 Å². The number of rotatable bonds is 3. The van der Waals surface area contributed by atoms with E-state index in [1.807, 2.05) is 12.1 Å². The molecule has 2 aromatic carbocycles. The van der Waals surface area contributed by atoms with Gasteiger partial charge in [-0.1, -0.05) is 12.1 Å². The number of carbonyl (C=O) groups excluding carboxylic acids is 2. The standard InChI is InChI=1S/C19H19F2N3O2/c20-15-5-6-16(17(21)11-15)19(26)24-9-7-23(8-10-24)18(25)14-3-1-13(12-22)2-4-14/h1-6,11H,7-10,12,22H2. The maximum Gasteiger partial charge on any atom is 0.256 e. The Balaban J connectivity index is 1.63. The first kappa shape index (κ1) is 18.0. The third-order valence-electron chi connectivity index (χ3n) is 4.45. The summed E-state index contributed by atoms with van der Waals surface area (Å²) in [5, 5.41) is 0. The van der Waals surface area contributed by atoms with Crippen molar-refractivity contribution in [2.45, 2.75) is 6.54 Å². The number of halogens is 2. The molecule has 0 saturated carbocycles. The smallest absolute Gasteiger partial charge is 0.256 e. The molecule has 1 aliphatic heterocycles. The van der Waals surface area contributed by atoms with Crippen LogP contribution in [-0.2, 0) is 6.54 Å². The molecule has 0 atom stereocenters. The van der Waals surface area contributed by atoms with Gasteiger partial charge in [0.15, 0.2) is 0 Å². The van der Waals surface area contributed by atoms with Gasteiger partial charge in [-0.25, -0.2) is 8.78 Å². The van der Waals surface area contributed by atoms with Crippen molar-refractivity contribution >= 4 is 11.8 Å². The second kappa shape index (κ2) is 7.61. The van der Waals surface area contributed by atoms with E-state index in [0.29, 0.717) is 44.4 Å². The van der Waals surface area contributed by atoms with Crippen LogP contribution in [0.3, 0.4) is 0 Å².